The van der Waals surface area contributed by atoms with Crippen LogP contribution in [0.1, 0.15) is 5.56 Å². The van der Waals surface area contributed by atoms with Gasteiger partial charge in [0.15, 0.2) is 0 Å². The Morgan fingerprint density at radius 2 is 0.722 bits per heavy atom. The van der Waals surface area contributed by atoms with Crippen molar-refractivity contribution in [3.63, 3.8) is 0 Å². The zero-order chi connectivity index (χ0) is 24.9. The second-order valence-corrected chi connectivity index (χ2v) is 23.3. The van der Waals surface area contributed by atoms with Crippen LogP contribution in [0.5, 0.6) is 0 Å². The summed E-state index contributed by atoms with van der Waals surface area (Å²) in [4.78, 5) is 0. The SMILES string of the molecule is O=S(=O)(Cc1ccccc1)[O][Sb]([c]1ccccc1)([c]1ccccc1)([c]1ccccc1)[c]1ccccc1. The van der Waals surface area contributed by atoms with Crippen molar-refractivity contribution < 1.29 is 10.9 Å². The first-order valence-electron chi connectivity index (χ1n) is 11.8. The number of benzene rings is 5. The van der Waals surface area contributed by atoms with Crippen LogP contribution in [0, 0.1) is 0 Å². The molecule has 0 atom stereocenters. The molecule has 0 N–H and O–H groups in total. The fourth-order valence-electron chi connectivity index (χ4n) is 4.95. The molecular weight excluding hydrogens is 574 g/mol. The van der Waals surface area contributed by atoms with E-state index in [0.717, 1.165) is 14.0 Å². The molecule has 5 heteroatoms. The van der Waals surface area contributed by atoms with E-state index in [2.05, 4.69) is 0 Å². The molecule has 0 saturated carbocycles. The first-order valence-corrected chi connectivity index (χ1v) is 19.5. The minimum absolute atomic E-state index is 0.213. The fourth-order valence-corrected chi connectivity index (χ4v) is 27.3. The van der Waals surface area contributed by atoms with E-state index >= 15 is 0 Å². The van der Waals surface area contributed by atoms with Crippen LogP contribution in [-0.2, 0) is 18.3 Å². The molecule has 0 unspecified atom stereocenters. The van der Waals surface area contributed by atoms with E-state index in [4.69, 9.17) is 2.46 Å². The van der Waals surface area contributed by atoms with Crippen LogP contribution in [-0.4, -0.2) is 26.2 Å². The third kappa shape index (κ3) is 4.20. The Morgan fingerprint density at radius 1 is 0.444 bits per heavy atom. The Hall–Kier alpha value is -3.17. The van der Waals surface area contributed by atoms with Crippen LogP contribution in [0.2, 0.25) is 0 Å². The summed E-state index contributed by atoms with van der Waals surface area (Å²) in [6.45, 7) is 0. The van der Waals surface area contributed by atoms with Gasteiger partial charge in [0.1, 0.15) is 0 Å². The molecule has 0 amide bonds. The normalized spacial score (nSPS) is 12.9. The summed E-state index contributed by atoms with van der Waals surface area (Å²) >= 11 is -5.47. The first-order chi connectivity index (χ1) is 17.5. The third-order valence-corrected chi connectivity index (χ3v) is 26.8. The van der Waals surface area contributed by atoms with Gasteiger partial charge in [-0.05, 0) is 0 Å². The average Bonchev–Trinajstić information content (AvgIpc) is 2.94. The standard InChI is InChI=1S/C7H8O3S.4C6H5.Sb/c8-11(9,10)6-7-4-2-1-3-5-7;4*1-2-4-6-5-3-1;/h1-5H,6H2,(H,8,9,10);4*1-5H;/q;;;;;+1/p-1. The molecule has 5 rings (SSSR count). The van der Waals surface area contributed by atoms with Gasteiger partial charge in [0, 0.05) is 0 Å². The minimum atomic E-state index is -5.47. The predicted octanol–water partition coefficient (Wildman–Crippen LogP) is 4.06. The second-order valence-electron chi connectivity index (χ2n) is 8.64. The third-order valence-electron chi connectivity index (χ3n) is 6.44. The van der Waals surface area contributed by atoms with Crippen molar-refractivity contribution in [2.75, 3.05) is 0 Å². The molecule has 5 aromatic rings. The van der Waals surface area contributed by atoms with Crippen LogP contribution in [0.3, 0.4) is 0 Å². The Bertz CT molecular complexity index is 1360. The van der Waals surface area contributed by atoms with E-state index < -0.39 is 27.9 Å². The van der Waals surface area contributed by atoms with Crippen LogP contribution in [0.15, 0.2) is 152 Å². The van der Waals surface area contributed by atoms with Gasteiger partial charge in [0.25, 0.3) is 0 Å². The quantitative estimate of drug-likeness (QED) is 0.252. The molecule has 36 heavy (non-hydrogen) atoms. The van der Waals surface area contributed by atoms with E-state index in [1.165, 1.54) is 0 Å². The van der Waals surface area contributed by atoms with Crippen molar-refractivity contribution in [2.24, 2.45) is 0 Å². The number of hydrogen-bond acceptors (Lipinski definition) is 3. The molecule has 3 nitrogen and oxygen atoms in total. The van der Waals surface area contributed by atoms with E-state index in [1.807, 2.05) is 152 Å². The Labute approximate surface area is 214 Å². The van der Waals surface area contributed by atoms with E-state index in [0.29, 0.717) is 5.56 Å². The summed E-state index contributed by atoms with van der Waals surface area (Å²) in [5.74, 6) is -0.213. The predicted molar refractivity (Wildman–Crippen MR) is 150 cm³/mol. The summed E-state index contributed by atoms with van der Waals surface area (Å²) < 4.78 is 38.8. The van der Waals surface area contributed by atoms with Crippen LogP contribution in [0.25, 0.3) is 0 Å². The Kier molecular flexibility index (Phi) is 6.85. The van der Waals surface area contributed by atoms with Gasteiger partial charge in [0.05, 0.1) is 0 Å². The molecule has 0 heterocycles. The summed E-state index contributed by atoms with van der Waals surface area (Å²) in [6.07, 6.45) is 0. The number of hydrogen-bond donors (Lipinski definition) is 0. The molecule has 0 aromatic heterocycles. The fraction of sp³-hybridized carbons (Fsp3) is 0.0323. The van der Waals surface area contributed by atoms with Crippen molar-refractivity contribution >= 4 is 42.0 Å². The van der Waals surface area contributed by atoms with Crippen LogP contribution >= 0.6 is 0 Å². The Morgan fingerprint density at radius 3 is 1.03 bits per heavy atom. The van der Waals surface area contributed by atoms with E-state index in [9.17, 15) is 8.42 Å². The molecule has 0 radical (unpaired) electrons. The molecule has 5 aromatic carbocycles. The van der Waals surface area contributed by atoms with Crippen molar-refractivity contribution in [1.82, 2.24) is 0 Å². The first kappa shape index (κ1) is 24.5. The maximum atomic E-state index is 14.1. The zero-order valence-electron chi connectivity index (χ0n) is 19.7. The van der Waals surface area contributed by atoms with Crippen LogP contribution < -0.4 is 14.0 Å². The van der Waals surface area contributed by atoms with Crippen molar-refractivity contribution in [1.29, 1.82) is 0 Å². The van der Waals surface area contributed by atoms with Crippen molar-refractivity contribution in [3.8, 4) is 0 Å². The van der Waals surface area contributed by atoms with Gasteiger partial charge >= 0.3 is 216 Å². The average molecular weight is 601 g/mol. The van der Waals surface area contributed by atoms with E-state index in [1.54, 1.807) is 0 Å². The molecule has 0 saturated heterocycles. The summed E-state index contributed by atoms with van der Waals surface area (Å²) in [5.41, 5.74) is 0.689. The Balaban J connectivity index is 1.94. The van der Waals surface area contributed by atoms with Gasteiger partial charge in [-0.1, -0.05) is 0 Å². The van der Waals surface area contributed by atoms with Crippen molar-refractivity contribution in [3.05, 3.63) is 157 Å². The molecule has 0 aliphatic heterocycles. The second kappa shape index (κ2) is 10.1. The molecular formula is C31H27O3SSb. The van der Waals surface area contributed by atoms with E-state index in [-0.39, 0.29) is 5.75 Å². The summed E-state index contributed by atoms with van der Waals surface area (Å²) in [7, 11) is -4.05. The van der Waals surface area contributed by atoms with Gasteiger partial charge in [-0.3, -0.25) is 0 Å². The van der Waals surface area contributed by atoms with Gasteiger partial charge in [-0.15, -0.1) is 0 Å². The van der Waals surface area contributed by atoms with Crippen LogP contribution in [0.4, 0.5) is 0 Å². The van der Waals surface area contributed by atoms with Gasteiger partial charge in [-0.2, -0.15) is 0 Å². The monoisotopic (exact) mass is 600 g/mol. The molecule has 0 aliphatic rings. The molecule has 0 fully saturated rings. The van der Waals surface area contributed by atoms with Gasteiger partial charge in [-0.25, -0.2) is 0 Å². The molecule has 0 spiro atoms. The molecule has 180 valence electrons. The van der Waals surface area contributed by atoms with Gasteiger partial charge in [0.2, 0.25) is 0 Å². The topological polar surface area (TPSA) is 43.4 Å². The summed E-state index contributed by atoms with van der Waals surface area (Å²) in [5, 5.41) is 0. The zero-order valence-corrected chi connectivity index (χ0v) is 23.1. The van der Waals surface area contributed by atoms with Crippen molar-refractivity contribution in [2.45, 2.75) is 5.75 Å². The number of rotatable bonds is 8. The molecule has 0 bridgehead atoms. The maximum absolute atomic E-state index is 14.1. The molecule has 0 aliphatic carbocycles. The summed E-state index contributed by atoms with van der Waals surface area (Å²) in [6, 6.07) is 48.9. The van der Waals surface area contributed by atoms with Gasteiger partial charge < -0.3 is 0 Å².